The maximum Gasteiger partial charge on any atom is 0.256 e. The smallest absolute Gasteiger partial charge is 0.256 e. The van der Waals surface area contributed by atoms with Crippen LogP contribution in [0.2, 0.25) is 0 Å². The summed E-state index contributed by atoms with van der Waals surface area (Å²) in [4.78, 5) is 35.5. The highest BCUT2D eigenvalue weighted by Crippen LogP contribution is 2.52. The van der Waals surface area contributed by atoms with E-state index in [4.69, 9.17) is 4.98 Å². The summed E-state index contributed by atoms with van der Waals surface area (Å²) in [6.07, 6.45) is 0.694. The molecule has 1 atom stereocenters. The Hall–Kier alpha value is -4.17. The predicted molar refractivity (Wildman–Crippen MR) is 137 cm³/mol. The molecule has 1 aromatic heterocycles. The topological polar surface area (TPSA) is 86.3 Å². The molecule has 3 aromatic carbocycles. The summed E-state index contributed by atoms with van der Waals surface area (Å²) in [5.41, 5.74) is 2.30. The Balaban J connectivity index is 1.23. The van der Waals surface area contributed by atoms with Crippen LogP contribution in [0.4, 0.5) is 8.78 Å². The fraction of sp³-hybridized carbons (Fsp3) is 0.233. The molecule has 2 heterocycles. The van der Waals surface area contributed by atoms with E-state index >= 15 is 0 Å². The molecule has 0 saturated heterocycles. The van der Waals surface area contributed by atoms with Gasteiger partial charge in [-0.25, -0.2) is 13.8 Å². The number of nitrogens with one attached hydrogen (secondary N) is 1. The van der Waals surface area contributed by atoms with Gasteiger partial charge >= 0.3 is 0 Å². The van der Waals surface area contributed by atoms with E-state index in [-0.39, 0.29) is 28.6 Å². The highest BCUT2D eigenvalue weighted by Gasteiger charge is 2.48. The lowest BCUT2D eigenvalue weighted by Crippen LogP contribution is -2.42. The Morgan fingerprint density at radius 3 is 2.58 bits per heavy atom. The van der Waals surface area contributed by atoms with E-state index in [1.165, 1.54) is 11.0 Å². The standard InChI is InChI=1S/C30H25F2N3O3/c31-21-9-10-24(32)22(16-21)18-5-4-6-19(15-18)26(36)28(38)35-14-11-25-23(17-35)27(37)34-29(33-25)30(12-13-30)20-7-2-1-3-8-20/h1-10,15-16,26,36H,11-14,17H2,(H,33,34,37). The zero-order valence-corrected chi connectivity index (χ0v) is 20.5. The van der Waals surface area contributed by atoms with Crippen molar-refractivity contribution in [1.29, 1.82) is 0 Å². The third-order valence-electron chi connectivity index (χ3n) is 7.59. The summed E-state index contributed by atoms with van der Waals surface area (Å²) in [5, 5.41) is 10.9. The van der Waals surface area contributed by atoms with Gasteiger partial charge in [-0.05, 0) is 53.8 Å². The Morgan fingerprint density at radius 1 is 1.03 bits per heavy atom. The number of hydrogen-bond acceptors (Lipinski definition) is 4. The molecule has 6 nitrogen and oxygen atoms in total. The second kappa shape index (κ2) is 9.29. The highest BCUT2D eigenvalue weighted by atomic mass is 19.1. The summed E-state index contributed by atoms with van der Waals surface area (Å²) in [5.74, 6) is -1.11. The molecule has 0 radical (unpaired) electrons. The minimum absolute atomic E-state index is 0.0321. The number of aliphatic hydroxyl groups is 1. The lowest BCUT2D eigenvalue weighted by atomic mass is 9.94. The molecule has 0 spiro atoms. The summed E-state index contributed by atoms with van der Waals surface area (Å²) in [6, 6.07) is 19.3. The van der Waals surface area contributed by atoms with Gasteiger partial charge in [-0.1, -0.05) is 48.5 Å². The second-order valence-electron chi connectivity index (χ2n) is 9.95. The number of rotatable bonds is 5. The van der Waals surface area contributed by atoms with E-state index in [0.717, 1.165) is 36.6 Å². The van der Waals surface area contributed by atoms with Crippen LogP contribution >= 0.6 is 0 Å². The van der Waals surface area contributed by atoms with Crippen molar-refractivity contribution in [2.24, 2.45) is 0 Å². The minimum Gasteiger partial charge on any atom is -0.378 e. The van der Waals surface area contributed by atoms with Crippen molar-refractivity contribution in [3.8, 4) is 11.1 Å². The third kappa shape index (κ3) is 4.20. The number of nitrogens with zero attached hydrogens (tertiary/aromatic N) is 2. The van der Waals surface area contributed by atoms with E-state index in [0.29, 0.717) is 35.6 Å². The van der Waals surface area contributed by atoms with Crippen molar-refractivity contribution in [1.82, 2.24) is 14.9 Å². The van der Waals surface area contributed by atoms with Gasteiger partial charge in [0, 0.05) is 18.5 Å². The number of aromatic amines is 1. The number of amides is 1. The molecule has 6 rings (SSSR count). The van der Waals surface area contributed by atoms with Crippen molar-refractivity contribution in [3.05, 3.63) is 123 Å². The Bertz CT molecular complexity index is 1600. The van der Waals surface area contributed by atoms with Crippen molar-refractivity contribution in [2.45, 2.75) is 37.3 Å². The summed E-state index contributed by atoms with van der Waals surface area (Å²) in [7, 11) is 0. The Labute approximate surface area is 217 Å². The van der Waals surface area contributed by atoms with E-state index in [2.05, 4.69) is 4.98 Å². The van der Waals surface area contributed by atoms with E-state index in [1.54, 1.807) is 18.2 Å². The van der Waals surface area contributed by atoms with Gasteiger partial charge < -0.3 is 15.0 Å². The normalized spacial score (nSPS) is 16.6. The summed E-state index contributed by atoms with van der Waals surface area (Å²) >= 11 is 0. The van der Waals surface area contributed by atoms with Gasteiger partial charge in [-0.3, -0.25) is 9.59 Å². The minimum atomic E-state index is -1.52. The molecule has 192 valence electrons. The average molecular weight is 514 g/mol. The van der Waals surface area contributed by atoms with Crippen molar-refractivity contribution >= 4 is 5.91 Å². The monoisotopic (exact) mass is 513 g/mol. The molecule has 1 fully saturated rings. The predicted octanol–water partition coefficient (Wildman–Crippen LogP) is 4.41. The number of benzene rings is 3. The van der Waals surface area contributed by atoms with Crippen LogP contribution in [0, 0.1) is 11.6 Å². The second-order valence-corrected chi connectivity index (χ2v) is 9.95. The number of aliphatic hydroxyl groups excluding tert-OH is 1. The number of carbonyl (C=O) groups excluding carboxylic acids is 1. The maximum atomic E-state index is 14.3. The lowest BCUT2D eigenvalue weighted by molar-refractivity contribution is -0.141. The SMILES string of the molecule is O=C(C(O)c1cccc(-c2cc(F)ccc2F)c1)N1CCc2nc(C3(c4ccccc4)CC3)[nH]c(=O)c2C1. The molecule has 4 aromatic rings. The zero-order valence-electron chi connectivity index (χ0n) is 20.5. The summed E-state index contributed by atoms with van der Waals surface area (Å²) in [6.45, 7) is 0.333. The quantitative estimate of drug-likeness (QED) is 0.414. The molecule has 0 bridgehead atoms. The van der Waals surface area contributed by atoms with Gasteiger partial charge in [0.1, 0.15) is 17.5 Å². The first kappa shape index (κ1) is 24.2. The van der Waals surface area contributed by atoms with Gasteiger partial charge in [-0.2, -0.15) is 0 Å². The molecule has 2 aliphatic rings. The fourth-order valence-electron chi connectivity index (χ4n) is 5.29. The van der Waals surface area contributed by atoms with Crippen LogP contribution in [-0.2, 0) is 23.2 Å². The van der Waals surface area contributed by atoms with Gasteiger partial charge in [0.2, 0.25) is 0 Å². The molecular weight excluding hydrogens is 488 g/mol. The van der Waals surface area contributed by atoms with E-state index in [9.17, 15) is 23.5 Å². The summed E-state index contributed by atoms with van der Waals surface area (Å²) < 4.78 is 28.0. The number of aromatic nitrogens is 2. The zero-order chi connectivity index (χ0) is 26.4. The first-order chi connectivity index (χ1) is 18.4. The highest BCUT2D eigenvalue weighted by molar-refractivity contribution is 5.83. The van der Waals surface area contributed by atoms with Crippen LogP contribution in [0.5, 0.6) is 0 Å². The van der Waals surface area contributed by atoms with Crippen LogP contribution in [0.25, 0.3) is 11.1 Å². The van der Waals surface area contributed by atoms with Crippen LogP contribution in [0.15, 0.2) is 77.6 Å². The number of halogens is 2. The molecule has 1 aliphatic heterocycles. The third-order valence-corrected chi connectivity index (χ3v) is 7.59. The first-order valence-electron chi connectivity index (χ1n) is 12.6. The number of carbonyl (C=O) groups is 1. The van der Waals surface area contributed by atoms with Gasteiger partial charge in [-0.15, -0.1) is 0 Å². The lowest BCUT2D eigenvalue weighted by Gasteiger charge is -2.30. The van der Waals surface area contributed by atoms with Crippen molar-refractivity contribution in [2.75, 3.05) is 6.54 Å². The van der Waals surface area contributed by atoms with E-state index < -0.39 is 23.6 Å². The molecular formula is C30H25F2N3O3. The van der Waals surface area contributed by atoms with Crippen LogP contribution in [-0.4, -0.2) is 32.4 Å². The number of fused-ring (bicyclic) bond motifs is 1. The van der Waals surface area contributed by atoms with Gasteiger partial charge in [0.15, 0.2) is 6.10 Å². The molecule has 8 heteroatoms. The van der Waals surface area contributed by atoms with E-state index in [1.807, 2.05) is 30.3 Å². The van der Waals surface area contributed by atoms with Gasteiger partial charge in [0.05, 0.1) is 23.2 Å². The average Bonchev–Trinajstić information content (AvgIpc) is 3.76. The van der Waals surface area contributed by atoms with Gasteiger partial charge in [0.25, 0.3) is 11.5 Å². The largest absolute Gasteiger partial charge is 0.378 e. The van der Waals surface area contributed by atoms with Crippen LogP contribution in [0.1, 0.15) is 47.2 Å². The molecule has 1 aliphatic carbocycles. The number of hydrogen-bond donors (Lipinski definition) is 2. The molecule has 2 N–H and O–H groups in total. The van der Waals surface area contributed by atoms with Crippen LogP contribution in [0.3, 0.4) is 0 Å². The van der Waals surface area contributed by atoms with Crippen molar-refractivity contribution < 1.29 is 18.7 Å². The fourth-order valence-corrected chi connectivity index (χ4v) is 5.29. The number of H-pyrrole nitrogens is 1. The first-order valence-corrected chi connectivity index (χ1v) is 12.6. The van der Waals surface area contributed by atoms with Crippen LogP contribution < -0.4 is 5.56 Å². The molecule has 1 amide bonds. The van der Waals surface area contributed by atoms with Crippen molar-refractivity contribution in [3.63, 3.8) is 0 Å². The Morgan fingerprint density at radius 2 is 1.82 bits per heavy atom. The molecule has 1 saturated carbocycles. The molecule has 38 heavy (non-hydrogen) atoms. The Kier molecular flexibility index (Phi) is 5.91. The maximum absolute atomic E-state index is 14.3. The molecule has 1 unspecified atom stereocenters.